The van der Waals surface area contributed by atoms with Crippen LogP contribution in [0, 0.1) is 30.9 Å². The summed E-state index contributed by atoms with van der Waals surface area (Å²) >= 11 is 0. The SMILES string of the molecule is CCOc1ccc(-n2c(C)cc(C(=O)COC(=O)c3ccc(C)c([N+](=O)[O-])c3)c2C)cc1. The molecule has 8 heteroatoms. The Balaban J connectivity index is 1.75. The van der Waals surface area contributed by atoms with Gasteiger partial charge in [-0.3, -0.25) is 14.9 Å². The molecule has 1 aromatic heterocycles. The normalized spacial score (nSPS) is 10.6. The molecule has 0 radical (unpaired) electrons. The van der Waals surface area contributed by atoms with Crippen LogP contribution in [0.3, 0.4) is 0 Å². The largest absolute Gasteiger partial charge is 0.494 e. The summed E-state index contributed by atoms with van der Waals surface area (Å²) in [6.07, 6.45) is 0. The fraction of sp³-hybridized carbons (Fsp3) is 0.250. The maximum Gasteiger partial charge on any atom is 0.338 e. The molecule has 0 saturated carbocycles. The van der Waals surface area contributed by atoms with Gasteiger partial charge in [0.1, 0.15) is 5.75 Å². The van der Waals surface area contributed by atoms with E-state index in [4.69, 9.17) is 9.47 Å². The standard InChI is InChI=1S/C24H24N2O6/c1-5-31-20-10-8-19(9-11-20)25-16(3)12-21(17(25)4)23(27)14-32-24(28)18-7-6-15(2)22(13-18)26(29)30/h6-13H,5,14H2,1-4H3. The Kier molecular flexibility index (Phi) is 6.73. The zero-order valence-electron chi connectivity index (χ0n) is 18.4. The van der Waals surface area contributed by atoms with Gasteiger partial charge in [0.2, 0.25) is 5.78 Å². The van der Waals surface area contributed by atoms with Gasteiger partial charge in [0, 0.05) is 34.3 Å². The first kappa shape index (κ1) is 22.7. The van der Waals surface area contributed by atoms with Crippen LogP contribution in [0.25, 0.3) is 5.69 Å². The topological polar surface area (TPSA) is 101 Å². The lowest BCUT2D eigenvalue weighted by atomic mass is 10.1. The average Bonchev–Trinajstić information content (AvgIpc) is 3.06. The second-order valence-electron chi connectivity index (χ2n) is 7.30. The molecule has 0 spiro atoms. The molecular weight excluding hydrogens is 412 g/mol. The molecule has 0 aliphatic carbocycles. The van der Waals surface area contributed by atoms with Crippen molar-refractivity contribution in [3.8, 4) is 11.4 Å². The van der Waals surface area contributed by atoms with Gasteiger partial charge in [-0.25, -0.2) is 4.79 Å². The summed E-state index contributed by atoms with van der Waals surface area (Å²) in [5, 5.41) is 11.1. The number of ether oxygens (including phenoxy) is 2. The van der Waals surface area contributed by atoms with Gasteiger partial charge in [-0.2, -0.15) is 0 Å². The quantitative estimate of drug-likeness (QED) is 0.219. The molecule has 0 amide bonds. The van der Waals surface area contributed by atoms with E-state index in [0.717, 1.165) is 28.9 Å². The van der Waals surface area contributed by atoms with Gasteiger partial charge in [-0.1, -0.05) is 6.07 Å². The first-order valence-corrected chi connectivity index (χ1v) is 10.1. The number of aryl methyl sites for hydroxylation is 2. The molecule has 166 valence electrons. The van der Waals surface area contributed by atoms with E-state index in [1.54, 1.807) is 13.0 Å². The predicted octanol–water partition coefficient (Wildman–Crippen LogP) is 4.75. The Labute approximate surface area is 185 Å². The molecule has 2 aromatic carbocycles. The van der Waals surface area contributed by atoms with Gasteiger partial charge in [-0.15, -0.1) is 0 Å². The van der Waals surface area contributed by atoms with Crippen molar-refractivity contribution in [1.29, 1.82) is 0 Å². The molecule has 0 unspecified atom stereocenters. The summed E-state index contributed by atoms with van der Waals surface area (Å²) in [4.78, 5) is 35.6. The van der Waals surface area contributed by atoms with Crippen LogP contribution in [-0.4, -0.2) is 34.5 Å². The number of benzene rings is 2. The fourth-order valence-corrected chi connectivity index (χ4v) is 3.53. The smallest absolute Gasteiger partial charge is 0.338 e. The van der Waals surface area contributed by atoms with E-state index in [0.29, 0.717) is 17.7 Å². The first-order valence-electron chi connectivity index (χ1n) is 10.1. The average molecular weight is 436 g/mol. The number of carbonyl (C=O) groups excluding carboxylic acids is 2. The lowest BCUT2D eigenvalue weighted by Crippen LogP contribution is -2.15. The van der Waals surface area contributed by atoms with Crippen molar-refractivity contribution in [2.75, 3.05) is 13.2 Å². The van der Waals surface area contributed by atoms with Crippen LogP contribution >= 0.6 is 0 Å². The molecule has 3 rings (SSSR count). The van der Waals surface area contributed by atoms with E-state index >= 15 is 0 Å². The fourth-order valence-electron chi connectivity index (χ4n) is 3.53. The van der Waals surface area contributed by atoms with E-state index in [-0.39, 0.29) is 17.0 Å². The third kappa shape index (κ3) is 4.69. The maximum absolute atomic E-state index is 12.7. The van der Waals surface area contributed by atoms with Crippen LogP contribution in [0.5, 0.6) is 5.75 Å². The minimum absolute atomic E-state index is 0.0231. The number of aromatic nitrogens is 1. The van der Waals surface area contributed by atoms with E-state index in [2.05, 4.69) is 0 Å². The van der Waals surface area contributed by atoms with Crippen LogP contribution in [0.4, 0.5) is 5.69 Å². The zero-order valence-corrected chi connectivity index (χ0v) is 18.4. The summed E-state index contributed by atoms with van der Waals surface area (Å²) in [6, 6.07) is 13.4. The van der Waals surface area contributed by atoms with Crippen LogP contribution in [0.2, 0.25) is 0 Å². The highest BCUT2D eigenvalue weighted by Crippen LogP contribution is 2.24. The van der Waals surface area contributed by atoms with Gasteiger partial charge in [0.15, 0.2) is 6.61 Å². The van der Waals surface area contributed by atoms with Crippen LogP contribution in [0.15, 0.2) is 48.5 Å². The van der Waals surface area contributed by atoms with E-state index in [1.165, 1.54) is 12.1 Å². The molecule has 8 nitrogen and oxygen atoms in total. The number of carbonyl (C=O) groups is 2. The summed E-state index contributed by atoms with van der Waals surface area (Å²) < 4.78 is 12.5. The Morgan fingerprint density at radius 2 is 1.72 bits per heavy atom. The highest BCUT2D eigenvalue weighted by molar-refractivity contribution is 6.00. The molecule has 32 heavy (non-hydrogen) atoms. The second kappa shape index (κ2) is 9.47. The summed E-state index contributed by atoms with van der Waals surface area (Å²) in [5.74, 6) is -0.384. The van der Waals surface area contributed by atoms with Crippen LogP contribution < -0.4 is 4.74 Å². The summed E-state index contributed by atoms with van der Waals surface area (Å²) in [7, 11) is 0. The van der Waals surface area contributed by atoms with E-state index in [9.17, 15) is 19.7 Å². The third-order valence-electron chi connectivity index (χ3n) is 5.11. The predicted molar refractivity (Wildman–Crippen MR) is 119 cm³/mol. The van der Waals surface area contributed by atoms with Gasteiger partial charge in [0.25, 0.3) is 5.69 Å². The van der Waals surface area contributed by atoms with E-state index < -0.39 is 17.5 Å². The Hall–Kier alpha value is -3.94. The lowest BCUT2D eigenvalue weighted by molar-refractivity contribution is -0.385. The van der Waals surface area contributed by atoms with Crippen molar-refractivity contribution in [3.05, 3.63) is 86.7 Å². The molecule has 0 N–H and O–H groups in total. The van der Waals surface area contributed by atoms with Crippen molar-refractivity contribution in [3.63, 3.8) is 0 Å². The van der Waals surface area contributed by atoms with E-state index in [1.807, 2.05) is 49.6 Å². The summed E-state index contributed by atoms with van der Waals surface area (Å²) in [6.45, 7) is 7.32. The Morgan fingerprint density at radius 3 is 2.34 bits per heavy atom. The number of nitro groups is 1. The van der Waals surface area contributed by atoms with Crippen LogP contribution in [0.1, 0.15) is 44.6 Å². The lowest BCUT2D eigenvalue weighted by Gasteiger charge is -2.11. The molecule has 0 aliphatic heterocycles. The number of Topliss-reactive ketones (excluding diaryl/α,β-unsaturated/α-hetero) is 1. The number of nitro benzene ring substituents is 1. The van der Waals surface area contributed by atoms with Gasteiger partial charge < -0.3 is 14.0 Å². The van der Waals surface area contributed by atoms with Crippen molar-refractivity contribution in [2.24, 2.45) is 0 Å². The monoisotopic (exact) mass is 436 g/mol. The highest BCUT2D eigenvalue weighted by atomic mass is 16.6. The number of ketones is 1. The maximum atomic E-state index is 12.7. The molecule has 0 atom stereocenters. The van der Waals surface area contributed by atoms with Crippen molar-refractivity contribution in [1.82, 2.24) is 4.57 Å². The summed E-state index contributed by atoms with van der Waals surface area (Å²) in [5.41, 5.74) is 3.18. The van der Waals surface area contributed by atoms with Gasteiger partial charge in [0.05, 0.1) is 17.1 Å². The number of rotatable bonds is 8. The minimum Gasteiger partial charge on any atom is -0.494 e. The number of esters is 1. The van der Waals surface area contributed by atoms with Crippen molar-refractivity contribution in [2.45, 2.75) is 27.7 Å². The molecule has 1 heterocycles. The molecule has 0 bridgehead atoms. The zero-order chi connectivity index (χ0) is 23.4. The van der Waals surface area contributed by atoms with Crippen molar-refractivity contribution < 1.29 is 24.0 Å². The Morgan fingerprint density at radius 1 is 1.03 bits per heavy atom. The Bertz CT molecular complexity index is 1180. The minimum atomic E-state index is -0.790. The van der Waals surface area contributed by atoms with Crippen molar-refractivity contribution >= 4 is 17.4 Å². The molecule has 0 saturated heterocycles. The molecule has 0 aliphatic rings. The second-order valence-corrected chi connectivity index (χ2v) is 7.30. The number of hydrogen-bond donors (Lipinski definition) is 0. The number of nitrogens with zero attached hydrogens (tertiary/aromatic N) is 2. The number of hydrogen-bond acceptors (Lipinski definition) is 6. The van der Waals surface area contributed by atoms with Gasteiger partial charge >= 0.3 is 5.97 Å². The first-order chi connectivity index (χ1) is 15.2. The third-order valence-corrected chi connectivity index (χ3v) is 5.11. The molecule has 0 fully saturated rings. The molecular formula is C24H24N2O6. The highest BCUT2D eigenvalue weighted by Gasteiger charge is 2.20. The molecule has 3 aromatic rings. The van der Waals surface area contributed by atoms with Crippen LogP contribution in [-0.2, 0) is 4.74 Å². The van der Waals surface area contributed by atoms with Gasteiger partial charge in [-0.05, 0) is 64.1 Å².